The molecule has 0 aromatic heterocycles. The molecule has 126 valence electrons. The highest BCUT2D eigenvalue weighted by Gasteiger charge is 2.20. The van der Waals surface area contributed by atoms with E-state index in [-0.39, 0.29) is 11.7 Å². The zero-order valence-electron chi connectivity index (χ0n) is 14.0. The van der Waals surface area contributed by atoms with Crippen LogP contribution in [0.15, 0.2) is 24.3 Å². The number of amides is 2. The van der Waals surface area contributed by atoms with E-state index in [1.807, 2.05) is 6.92 Å². The number of benzene rings is 1. The van der Waals surface area contributed by atoms with Gasteiger partial charge in [0.2, 0.25) is 5.91 Å². The molecule has 0 bridgehead atoms. The molecule has 2 N–H and O–H groups in total. The van der Waals surface area contributed by atoms with Crippen LogP contribution in [0.4, 0.5) is 0 Å². The second kappa shape index (κ2) is 8.92. The molecule has 1 aromatic rings. The van der Waals surface area contributed by atoms with Crippen LogP contribution in [-0.4, -0.2) is 36.3 Å². The number of hydrogen-bond donors (Lipinski definition) is 2. The van der Waals surface area contributed by atoms with Crippen LogP contribution in [0.5, 0.6) is 5.75 Å². The Balaban J connectivity index is 2.58. The lowest BCUT2D eigenvalue weighted by Crippen LogP contribution is -2.48. The summed E-state index contributed by atoms with van der Waals surface area (Å²) >= 11 is 0. The molecular formula is C17H24N2O4. The topological polar surface area (TPSA) is 84.5 Å². The van der Waals surface area contributed by atoms with Crippen LogP contribution in [0.3, 0.4) is 0 Å². The van der Waals surface area contributed by atoms with Crippen molar-refractivity contribution in [3.63, 3.8) is 0 Å². The van der Waals surface area contributed by atoms with Crippen molar-refractivity contribution in [1.29, 1.82) is 0 Å². The van der Waals surface area contributed by atoms with Gasteiger partial charge in [0, 0.05) is 12.1 Å². The summed E-state index contributed by atoms with van der Waals surface area (Å²) in [6, 6.07) is 6.00. The summed E-state index contributed by atoms with van der Waals surface area (Å²) in [5.41, 5.74) is 0.516. The quantitative estimate of drug-likeness (QED) is 0.714. The molecule has 0 heterocycles. The average Bonchev–Trinajstić information content (AvgIpc) is 2.52. The van der Waals surface area contributed by atoms with E-state index in [2.05, 4.69) is 10.6 Å². The Labute approximate surface area is 136 Å². The lowest BCUT2D eigenvalue weighted by Gasteiger charge is -2.18. The lowest BCUT2D eigenvalue weighted by atomic mass is 10.1. The highest BCUT2D eigenvalue weighted by molar-refractivity contribution is 5.94. The first-order chi connectivity index (χ1) is 10.8. The summed E-state index contributed by atoms with van der Waals surface area (Å²) < 4.78 is 5.53. The van der Waals surface area contributed by atoms with Crippen molar-refractivity contribution in [2.24, 2.45) is 0 Å². The van der Waals surface area contributed by atoms with E-state index >= 15 is 0 Å². The minimum absolute atomic E-state index is 0.0752. The predicted molar refractivity (Wildman–Crippen MR) is 87.4 cm³/mol. The molecule has 0 fully saturated rings. The zero-order valence-corrected chi connectivity index (χ0v) is 14.0. The third-order valence-corrected chi connectivity index (χ3v) is 3.22. The SMILES string of the molecule is CCCNC(=O)[C@@H](C)NC(=O)[C@@H](C)Oc1cccc(C(C)=O)c1. The smallest absolute Gasteiger partial charge is 0.261 e. The van der Waals surface area contributed by atoms with Crippen LogP contribution in [-0.2, 0) is 9.59 Å². The molecule has 0 radical (unpaired) electrons. The molecule has 6 nitrogen and oxygen atoms in total. The van der Waals surface area contributed by atoms with E-state index in [1.54, 1.807) is 38.1 Å². The average molecular weight is 320 g/mol. The molecule has 0 saturated carbocycles. The maximum absolute atomic E-state index is 12.1. The van der Waals surface area contributed by atoms with E-state index in [9.17, 15) is 14.4 Å². The molecule has 2 amide bonds. The minimum atomic E-state index is -0.779. The van der Waals surface area contributed by atoms with Gasteiger partial charge >= 0.3 is 0 Å². The normalized spacial score (nSPS) is 12.9. The number of hydrogen-bond acceptors (Lipinski definition) is 4. The van der Waals surface area contributed by atoms with Crippen LogP contribution in [0.1, 0.15) is 44.5 Å². The Kier molecular flexibility index (Phi) is 7.25. The van der Waals surface area contributed by atoms with Gasteiger partial charge in [0.25, 0.3) is 5.91 Å². The van der Waals surface area contributed by atoms with Crippen LogP contribution in [0, 0.1) is 0 Å². The Bertz CT molecular complexity index is 571. The highest BCUT2D eigenvalue weighted by Crippen LogP contribution is 2.15. The first-order valence-electron chi connectivity index (χ1n) is 7.70. The van der Waals surface area contributed by atoms with Gasteiger partial charge in [-0.3, -0.25) is 14.4 Å². The maximum atomic E-state index is 12.1. The number of nitrogens with one attached hydrogen (secondary N) is 2. The molecule has 1 aromatic carbocycles. The molecule has 2 atom stereocenters. The van der Waals surface area contributed by atoms with Gasteiger partial charge in [-0.1, -0.05) is 19.1 Å². The summed E-state index contributed by atoms with van der Waals surface area (Å²) in [7, 11) is 0. The second-order valence-electron chi connectivity index (χ2n) is 5.37. The van der Waals surface area contributed by atoms with Gasteiger partial charge in [-0.15, -0.1) is 0 Å². The fourth-order valence-electron chi connectivity index (χ4n) is 1.84. The summed E-state index contributed by atoms with van der Waals surface area (Å²) in [5, 5.41) is 5.32. The fraction of sp³-hybridized carbons (Fsp3) is 0.471. The molecule has 0 unspecified atom stereocenters. The minimum Gasteiger partial charge on any atom is -0.481 e. The summed E-state index contributed by atoms with van der Waals surface area (Å²) in [4.78, 5) is 35.2. The molecule has 0 saturated heterocycles. The number of ketones is 1. The second-order valence-corrected chi connectivity index (χ2v) is 5.37. The maximum Gasteiger partial charge on any atom is 0.261 e. The van der Waals surface area contributed by atoms with E-state index in [0.717, 1.165) is 6.42 Å². The van der Waals surface area contributed by atoms with Gasteiger partial charge in [0.1, 0.15) is 11.8 Å². The van der Waals surface area contributed by atoms with Crippen LogP contribution >= 0.6 is 0 Å². The molecule has 23 heavy (non-hydrogen) atoms. The first-order valence-corrected chi connectivity index (χ1v) is 7.70. The lowest BCUT2D eigenvalue weighted by molar-refractivity contribution is -0.132. The number of Topliss-reactive ketones (excluding diaryl/α,β-unsaturated/α-hetero) is 1. The Hall–Kier alpha value is -2.37. The van der Waals surface area contributed by atoms with Crippen molar-refractivity contribution >= 4 is 17.6 Å². The van der Waals surface area contributed by atoms with Crippen molar-refractivity contribution in [3.05, 3.63) is 29.8 Å². The molecule has 0 aliphatic carbocycles. The molecule has 6 heteroatoms. The number of ether oxygens (including phenoxy) is 1. The molecule has 0 aliphatic heterocycles. The van der Waals surface area contributed by atoms with Crippen molar-refractivity contribution in [2.45, 2.75) is 46.3 Å². The zero-order chi connectivity index (χ0) is 17.4. The van der Waals surface area contributed by atoms with Gasteiger partial charge in [-0.25, -0.2) is 0 Å². The van der Waals surface area contributed by atoms with Crippen LogP contribution in [0.25, 0.3) is 0 Å². The monoisotopic (exact) mass is 320 g/mol. The summed E-state index contributed by atoms with van der Waals surface area (Å²) in [6.45, 7) is 7.20. The number of rotatable bonds is 8. The van der Waals surface area contributed by atoms with E-state index in [4.69, 9.17) is 4.74 Å². The molecular weight excluding hydrogens is 296 g/mol. The van der Waals surface area contributed by atoms with Gasteiger partial charge in [-0.2, -0.15) is 0 Å². The third kappa shape index (κ3) is 6.10. The predicted octanol–water partition coefficient (Wildman–Crippen LogP) is 1.69. The van der Waals surface area contributed by atoms with E-state index in [0.29, 0.717) is 17.9 Å². The van der Waals surface area contributed by atoms with Crippen molar-refractivity contribution in [2.75, 3.05) is 6.54 Å². The van der Waals surface area contributed by atoms with Crippen molar-refractivity contribution in [3.8, 4) is 5.75 Å². The van der Waals surface area contributed by atoms with Crippen LogP contribution < -0.4 is 15.4 Å². The summed E-state index contributed by atoms with van der Waals surface area (Å²) in [6.07, 6.45) is 0.0527. The van der Waals surface area contributed by atoms with Gasteiger partial charge in [0.15, 0.2) is 11.9 Å². The van der Waals surface area contributed by atoms with E-state index < -0.39 is 18.1 Å². The largest absolute Gasteiger partial charge is 0.481 e. The first kappa shape index (κ1) is 18.7. The van der Waals surface area contributed by atoms with Crippen LogP contribution in [0.2, 0.25) is 0 Å². The molecule has 1 rings (SSSR count). The molecule has 0 spiro atoms. The third-order valence-electron chi connectivity index (χ3n) is 3.22. The summed E-state index contributed by atoms with van der Waals surface area (Å²) in [5.74, 6) is -0.263. The standard InChI is InChI=1S/C17H24N2O4/c1-5-9-18-16(21)11(2)19-17(22)13(4)23-15-8-6-7-14(10-15)12(3)20/h6-8,10-11,13H,5,9H2,1-4H3,(H,18,21)(H,19,22)/t11-,13-/m1/s1. The molecule has 0 aliphatic rings. The number of carbonyl (C=O) groups excluding carboxylic acids is 3. The van der Waals surface area contributed by atoms with Crippen molar-refractivity contribution < 1.29 is 19.1 Å². The Morgan fingerprint density at radius 1 is 1.17 bits per heavy atom. The van der Waals surface area contributed by atoms with Crippen molar-refractivity contribution in [1.82, 2.24) is 10.6 Å². The highest BCUT2D eigenvalue weighted by atomic mass is 16.5. The van der Waals surface area contributed by atoms with Gasteiger partial charge in [0.05, 0.1) is 0 Å². The number of carbonyl (C=O) groups is 3. The Morgan fingerprint density at radius 2 is 1.87 bits per heavy atom. The Morgan fingerprint density at radius 3 is 2.48 bits per heavy atom. The fourth-order valence-corrected chi connectivity index (χ4v) is 1.84. The van der Waals surface area contributed by atoms with E-state index in [1.165, 1.54) is 6.92 Å². The van der Waals surface area contributed by atoms with Gasteiger partial charge < -0.3 is 15.4 Å². The van der Waals surface area contributed by atoms with Gasteiger partial charge in [-0.05, 0) is 39.3 Å².